The summed E-state index contributed by atoms with van der Waals surface area (Å²) in [5.74, 6) is -0.398. The zero-order valence-corrected chi connectivity index (χ0v) is 21.2. The Morgan fingerprint density at radius 2 is 1.67 bits per heavy atom. The highest BCUT2D eigenvalue weighted by Crippen LogP contribution is 2.21. The monoisotopic (exact) mass is 502 g/mol. The lowest BCUT2D eigenvalue weighted by atomic mass is 9.95. The molecule has 3 aromatic carbocycles. The lowest BCUT2D eigenvalue weighted by Crippen LogP contribution is -2.53. The van der Waals surface area contributed by atoms with Gasteiger partial charge in [-0.2, -0.15) is 0 Å². The standard InChI is InChI=1S/C29H30N4O2.ClH/c1-18-11-19(2)13-23(12-18)32-29(35)27(15-22-17-30-25-10-6-5-9-24(22)25)33-28(34)26-14-20-7-3-4-8-21(20)16-31-26;/h3-13,17,26-27,30-31H,14-16H2,1-2H3,(H,32,35)(H,33,34);1H/t26-,27-;/m0./s1. The Morgan fingerprint density at radius 3 is 2.44 bits per heavy atom. The number of aromatic nitrogens is 1. The van der Waals surface area contributed by atoms with E-state index in [1.54, 1.807) is 0 Å². The number of carbonyl (C=O) groups is 2. The number of nitrogens with one attached hydrogen (secondary N) is 4. The average molecular weight is 503 g/mol. The van der Waals surface area contributed by atoms with E-state index in [9.17, 15) is 9.59 Å². The predicted molar refractivity (Wildman–Crippen MR) is 147 cm³/mol. The van der Waals surface area contributed by atoms with E-state index in [1.165, 1.54) is 11.1 Å². The van der Waals surface area contributed by atoms with Gasteiger partial charge in [-0.1, -0.05) is 48.5 Å². The summed E-state index contributed by atoms with van der Waals surface area (Å²) < 4.78 is 0. The molecule has 2 heterocycles. The Morgan fingerprint density at radius 1 is 0.972 bits per heavy atom. The number of H-pyrrole nitrogens is 1. The van der Waals surface area contributed by atoms with Gasteiger partial charge in [-0.15, -0.1) is 12.4 Å². The molecule has 0 saturated heterocycles. The minimum atomic E-state index is -0.721. The number of hydrogen-bond acceptors (Lipinski definition) is 3. The first-order valence-corrected chi connectivity index (χ1v) is 12.0. The maximum Gasteiger partial charge on any atom is 0.247 e. The van der Waals surface area contributed by atoms with E-state index in [-0.39, 0.29) is 30.3 Å². The predicted octanol–water partition coefficient (Wildman–Crippen LogP) is 4.59. The van der Waals surface area contributed by atoms with Gasteiger partial charge in [0.1, 0.15) is 6.04 Å². The maximum absolute atomic E-state index is 13.5. The third-order valence-corrected chi connectivity index (χ3v) is 6.62. The number of carbonyl (C=O) groups excluding carboxylic acids is 2. The van der Waals surface area contributed by atoms with Gasteiger partial charge >= 0.3 is 0 Å². The van der Waals surface area contributed by atoms with Crippen molar-refractivity contribution in [1.29, 1.82) is 0 Å². The molecule has 0 fully saturated rings. The number of rotatable bonds is 6. The SMILES string of the molecule is Cc1cc(C)cc(NC(=O)[C@H](Cc2c[nH]c3ccccc23)NC(=O)[C@@H]2Cc3ccccc3CN2)c1.Cl. The number of aryl methyl sites for hydroxylation is 2. The fourth-order valence-corrected chi connectivity index (χ4v) is 4.92. The first kappa shape index (κ1) is 25.5. The number of halogens is 1. The molecule has 4 aromatic rings. The van der Waals surface area contributed by atoms with Gasteiger partial charge in [0.2, 0.25) is 11.8 Å². The van der Waals surface area contributed by atoms with Gasteiger partial charge in [0.25, 0.3) is 0 Å². The van der Waals surface area contributed by atoms with Crippen LogP contribution in [0.1, 0.15) is 27.8 Å². The Labute approximate surface area is 217 Å². The van der Waals surface area contributed by atoms with E-state index in [0.717, 1.165) is 33.3 Å². The van der Waals surface area contributed by atoms with Crippen LogP contribution in [0, 0.1) is 13.8 Å². The van der Waals surface area contributed by atoms with Gasteiger partial charge < -0.3 is 20.9 Å². The van der Waals surface area contributed by atoms with Gasteiger partial charge in [0, 0.05) is 35.8 Å². The second-order valence-electron chi connectivity index (χ2n) is 9.40. The smallest absolute Gasteiger partial charge is 0.247 e. The van der Waals surface area contributed by atoms with E-state index >= 15 is 0 Å². The third-order valence-electron chi connectivity index (χ3n) is 6.62. The van der Waals surface area contributed by atoms with Crippen molar-refractivity contribution >= 4 is 40.8 Å². The number of benzene rings is 3. The first-order valence-electron chi connectivity index (χ1n) is 12.0. The van der Waals surface area contributed by atoms with Crippen LogP contribution in [0.2, 0.25) is 0 Å². The highest BCUT2D eigenvalue weighted by atomic mass is 35.5. The van der Waals surface area contributed by atoms with Gasteiger partial charge in [0.15, 0.2) is 0 Å². The summed E-state index contributed by atoms with van der Waals surface area (Å²) in [5, 5.41) is 10.4. The Balaban J connectivity index is 0.00000304. The molecule has 36 heavy (non-hydrogen) atoms. The molecule has 0 saturated carbocycles. The average Bonchev–Trinajstić information content (AvgIpc) is 3.25. The second-order valence-corrected chi connectivity index (χ2v) is 9.40. The second kappa shape index (κ2) is 11.0. The molecular weight excluding hydrogens is 472 g/mol. The molecule has 5 rings (SSSR count). The molecule has 0 spiro atoms. The zero-order chi connectivity index (χ0) is 24.4. The Kier molecular flexibility index (Phi) is 7.77. The summed E-state index contributed by atoms with van der Waals surface area (Å²) >= 11 is 0. The molecule has 186 valence electrons. The number of para-hydroxylation sites is 1. The molecular formula is C29H31ClN4O2. The first-order chi connectivity index (χ1) is 17.0. The molecule has 1 aliphatic heterocycles. The third kappa shape index (κ3) is 5.61. The van der Waals surface area contributed by atoms with Gasteiger partial charge in [0.05, 0.1) is 6.04 Å². The summed E-state index contributed by atoms with van der Waals surface area (Å²) in [5.41, 5.74) is 7.25. The molecule has 2 amide bonds. The lowest BCUT2D eigenvalue weighted by molar-refractivity contribution is -0.128. The number of aromatic amines is 1. The van der Waals surface area contributed by atoms with Crippen LogP contribution in [-0.2, 0) is 29.0 Å². The fraction of sp³-hybridized carbons (Fsp3) is 0.241. The van der Waals surface area contributed by atoms with Crippen LogP contribution in [0.5, 0.6) is 0 Å². The maximum atomic E-state index is 13.5. The molecule has 1 aromatic heterocycles. The molecule has 0 unspecified atom stereocenters. The van der Waals surface area contributed by atoms with E-state index < -0.39 is 6.04 Å². The van der Waals surface area contributed by atoms with Gasteiger partial charge in [-0.25, -0.2) is 0 Å². The summed E-state index contributed by atoms with van der Waals surface area (Å²) in [4.78, 5) is 30.0. The van der Waals surface area contributed by atoms with Crippen LogP contribution in [0.25, 0.3) is 10.9 Å². The van der Waals surface area contributed by atoms with E-state index in [4.69, 9.17) is 0 Å². The van der Waals surface area contributed by atoms with Crippen molar-refractivity contribution in [3.05, 3.63) is 101 Å². The van der Waals surface area contributed by atoms with E-state index in [2.05, 4.69) is 39.1 Å². The van der Waals surface area contributed by atoms with Crippen LogP contribution in [0.4, 0.5) is 5.69 Å². The number of anilines is 1. The molecule has 0 bridgehead atoms. The summed E-state index contributed by atoms with van der Waals surface area (Å²) in [6.45, 7) is 4.64. The van der Waals surface area contributed by atoms with Crippen LogP contribution < -0.4 is 16.0 Å². The molecule has 6 nitrogen and oxygen atoms in total. The number of amides is 2. The van der Waals surface area contributed by atoms with Crippen LogP contribution >= 0.6 is 12.4 Å². The molecule has 0 aliphatic carbocycles. The lowest BCUT2D eigenvalue weighted by Gasteiger charge is -2.27. The molecule has 4 N–H and O–H groups in total. The quantitative estimate of drug-likeness (QED) is 0.311. The normalized spacial score (nSPS) is 15.4. The molecule has 7 heteroatoms. The van der Waals surface area contributed by atoms with Crippen molar-refractivity contribution in [1.82, 2.24) is 15.6 Å². The molecule has 2 atom stereocenters. The summed E-state index contributed by atoms with van der Waals surface area (Å²) in [6, 6.07) is 21.0. The summed E-state index contributed by atoms with van der Waals surface area (Å²) in [7, 11) is 0. The molecule has 1 aliphatic rings. The highest BCUT2D eigenvalue weighted by Gasteiger charge is 2.29. The van der Waals surface area contributed by atoms with Crippen LogP contribution in [-0.4, -0.2) is 28.9 Å². The van der Waals surface area contributed by atoms with Gasteiger partial charge in [-0.05, 0) is 66.3 Å². The Hall–Kier alpha value is -3.61. The fourth-order valence-electron chi connectivity index (χ4n) is 4.92. The van der Waals surface area contributed by atoms with E-state index in [0.29, 0.717) is 19.4 Å². The Bertz CT molecular complexity index is 1380. The zero-order valence-electron chi connectivity index (χ0n) is 20.4. The largest absolute Gasteiger partial charge is 0.361 e. The summed E-state index contributed by atoms with van der Waals surface area (Å²) in [6.07, 6.45) is 2.90. The van der Waals surface area contributed by atoms with Crippen LogP contribution in [0.15, 0.2) is 72.9 Å². The highest BCUT2D eigenvalue weighted by molar-refractivity contribution is 5.98. The minimum Gasteiger partial charge on any atom is -0.361 e. The van der Waals surface area contributed by atoms with E-state index in [1.807, 2.05) is 68.6 Å². The van der Waals surface area contributed by atoms with Crippen molar-refractivity contribution in [3.63, 3.8) is 0 Å². The van der Waals surface area contributed by atoms with Gasteiger partial charge in [-0.3, -0.25) is 9.59 Å². The number of hydrogen-bond donors (Lipinski definition) is 4. The topological polar surface area (TPSA) is 86.0 Å². The van der Waals surface area contributed by atoms with Crippen molar-refractivity contribution < 1.29 is 9.59 Å². The molecule has 0 radical (unpaired) electrons. The van der Waals surface area contributed by atoms with Crippen molar-refractivity contribution in [2.24, 2.45) is 0 Å². The minimum absolute atomic E-state index is 0. The van der Waals surface area contributed by atoms with Crippen molar-refractivity contribution in [2.45, 2.75) is 45.3 Å². The van der Waals surface area contributed by atoms with Crippen LogP contribution in [0.3, 0.4) is 0 Å². The van der Waals surface area contributed by atoms with Crippen molar-refractivity contribution in [3.8, 4) is 0 Å². The van der Waals surface area contributed by atoms with Crippen molar-refractivity contribution in [2.75, 3.05) is 5.32 Å². The number of fused-ring (bicyclic) bond motifs is 2.